The Kier molecular flexibility index (Phi) is 5.57. The van der Waals surface area contributed by atoms with E-state index in [0.29, 0.717) is 6.54 Å². The Morgan fingerprint density at radius 2 is 1.82 bits per heavy atom. The predicted octanol–water partition coefficient (Wildman–Crippen LogP) is -0.586. The van der Waals surface area contributed by atoms with E-state index >= 15 is 0 Å². The van der Waals surface area contributed by atoms with Gasteiger partial charge < -0.3 is 11.1 Å². The van der Waals surface area contributed by atoms with Crippen LogP contribution in [0.4, 0.5) is 0 Å². The van der Waals surface area contributed by atoms with Crippen LogP contribution in [0.15, 0.2) is 0 Å². The first-order valence-corrected chi connectivity index (χ1v) is 7.40. The summed E-state index contributed by atoms with van der Waals surface area (Å²) in [5.41, 5.74) is 5.09. The van der Waals surface area contributed by atoms with Gasteiger partial charge in [-0.25, -0.2) is 13.1 Å². The minimum absolute atomic E-state index is 0.155. The van der Waals surface area contributed by atoms with Gasteiger partial charge in [-0.15, -0.1) is 0 Å². The van der Waals surface area contributed by atoms with Crippen molar-refractivity contribution in [3.63, 3.8) is 0 Å². The molecule has 0 fully saturated rings. The molecule has 0 saturated carbocycles. The van der Waals surface area contributed by atoms with Gasteiger partial charge in [0.2, 0.25) is 15.9 Å². The van der Waals surface area contributed by atoms with Gasteiger partial charge in [0.25, 0.3) is 0 Å². The maximum Gasteiger partial charge on any atom is 0.238 e. The molecule has 6 nitrogen and oxygen atoms in total. The summed E-state index contributed by atoms with van der Waals surface area (Å²) in [6.45, 7) is 7.52. The van der Waals surface area contributed by atoms with Gasteiger partial charge in [-0.3, -0.25) is 4.79 Å². The summed E-state index contributed by atoms with van der Waals surface area (Å²) in [5.74, 6) is -0.223. The van der Waals surface area contributed by atoms with Gasteiger partial charge >= 0.3 is 0 Å². The smallest absolute Gasteiger partial charge is 0.238 e. The van der Waals surface area contributed by atoms with Gasteiger partial charge in [0, 0.05) is 6.54 Å². The van der Waals surface area contributed by atoms with E-state index in [1.165, 1.54) is 6.92 Å². The first-order valence-electron chi connectivity index (χ1n) is 5.51. The molecule has 0 saturated heterocycles. The Morgan fingerprint density at radius 1 is 1.35 bits per heavy atom. The molecule has 0 spiro atoms. The summed E-state index contributed by atoms with van der Waals surface area (Å²) < 4.78 is 24.2. The van der Waals surface area contributed by atoms with Crippen LogP contribution in [-0.2, 0) is 14.8 Å². The monoisotopic (exact) mass is 265 g/mol. The van der Waals surface area contributed by atoms with Gasteiger partial charge in [0.05, 0.1) is 17.8 Å². The molecule has 0 aromatic carbocycles. The fourth-order valence-electron chi connectivity index (χ4n) is 1.20. The number of hydrogen-bond donors (Lipinski definition) is 3. The number of sulfonamides is 1. The average Bonchev–Trinajstić information content (AvgIpc) is 2.14. The second kappa shape index (κ2) is 5.79. The molecule has 1 amide bonds. The average molecular weight is 265 g/mol. The van der Waals surface area contributed by atoms with Crippen LogP contribution in [0.5, 0.6) is 0 Å². The number of hydrogen-bond acceptors (Lipinski definition) is 4. The summed E-state index contributed by atoms with van der Waals surface area (Å²) >= 11 is 0. The van der Waals surface area contributed by atoms with Crippen LogP contribution in [0, 0.1) is 5.92 Å². The Morgan fingerprint density at radius 3 is 2.12 bits per heavy atom. The van der Waals surface area contributed by atoms with Crippen molar-refractivity contribution in [3.05, 3.63) is 0 Å². The molecule has 17 heavy (non-hydrogen) atoms. The Bertz CT molecular complexity index is 367. The quantitative estimate of drug-likeness (QED) is 0.597. The summed E-state index contributed by atoms with van der Waals surface area (Å²) in [4.78, 5) is 11.8. The second-order valence-corrected chi connectivity index (χ2v) is 6.66. The van der Waals surface area contributed by atoms with E-state index < -0.39 is 21.6 Å². The number of carbonyl (C=O) groups is 1. The third-order valence-corrected chi connectivity index (χ3v) is 3.67. The predicted molar refractivity (Wildman–Crippen MR) is 67.9 cm³/mol. The van der Waals surface area contributed by atoms with Gasteiger partial charge in [-0.2, -0.15) is 0 Å². The van der Waals surface area contributed by atoms with Crippen molar-refractivity contribution in [2.75, 3.05) is 12.8 Å². The Labute approximate surface area is 103 Å². The first-order chi connectivity index (χ1) is 7.52. The van der Waals surface area contributed by atoms with Crippen molar-refractivity contribution in [2.24, 2.45) is 11.7 Å². The molecule has 2 atom stereocenters. The molecule has 0 aliphatic carbocycles. The molecule has 2 unspecified atom stereocenters. The summed E-state index contributed by atoms with van der Waals surface area (Å²) in [5, 5.41) is 2.77. The largest absolute Gasteiger partial charge is 0.348 e. The van der Waals surface area contributed by atoms with E-state index in [9.17, 15) is 13.2 Å². The lowest BCUT2D eigenvalue weighted by molar-refractivity contribution is -0.124. The Balaban J connectivity index is 4.64. The highest BCUT2D eigenvalue weighted by Crippen LogP contribution is 2.14. The topological polar surface area (TPSA) is 101 Å². The standard InChI is InChI=1S/C10H23N3O3S/c1-7(2)10(4,6-11)12-9(14)8(3)13-17(5,15)16/h7-8,13H,6,11H2,1-5H3,(H,12,14). The van der Waals surface area contributed by atoms with Crippen molar-refractivity contribution in [2.45, 2.75) is 39.3 Å². The molecule has 0 heterocycles. The molecule has 0 aliphatic heterocycles. The highest BCUT2D eigenvalue weighted by Gasteiger charge is 2.30. The van der Waals surface area contributed by atoms with E-state index in [4.69, 9.17) is 5.73 Å². The number of carbonyl (C=O) groups excluding carboxylic acids is 1. The van der Waals surface area contributed by atoms with Crippen molar-refractivity contribution >= 4 is 15.9 Å². The number of amides is 1. The molecule has 102 valence electrons. The maximum absolute atomic E-state index is 11.8. The lowest BCUT2D eigenvalue weighted by Gasteiger charge is -2.34. The van der Waals surface area contributed by atoms with Crippen molar-refractivity contribution in [3.8, 4) is 0 Å². The minimum atomic E-state index is -3.39. The number of nitrogens with two attached hydrogens (primary N) is 1. The molecule has 0 aromatic rings. The molecule has 0 rings (SSSR count). The highest BCUT2D eigenvalue weighted by atomic mass is 32.2. The van der Waals surface area contributed by atoms with Crippen molar-refractivity contribution in [1.29, 1.82) is 0 Å². The SMILES string of the molecule is CC(NS(C)(=O)=O)C(=O)NC(C)(CN)C(C)C. The minimum Gasteiger partial charge on any atom is -0.348 e. The summed E-state index contributed by atoms with van der Waals surface area (Å²) in [6.07, 6.45) is 1.02. The van der Waals surface area contributed by atoms with Gasteiger partial charge in [-0.05, 0) is 19.8 Å². The van der Waals surface area contributed by atoms with Crippen LogP contribution in [0.2, 0.25) is 0 Å². The van der Waals surface area contributed by atoms with Crippen molar-refractivity contribution < 1.29 is 13.2 Å². The molecule has 0 bridgehead atoms. The third kappa shape index (κ3) is 5.47. The van der Waals surface area contributed by atoms with Crippen LogP contribution in [0.1, 0.15) is 27.7 Å². The molecular formula is C10H23N3O3S. The number of rotatable bonds is 6. The number of nitrogens with one attached hydrogen (secondary N) is 2. The van der Waals surface area contributed by atoms with E-state index in [1.807, 2.05) is 20.8 Å². The van der Waals surface area contributed by atoms with Crippen LogP contribution < -0.4 is 15.8 Å². The van der Waals surface area contributed by atoms with Crippen LogP contribution >= 0.6 is 0 Å². The molecule has 4 N–H and O–H groups in total. The fourth-order valence-corrected chi connectivity index (χ4v) is 1.94. The van der Waals surface area contributed by atoms with Gasteiger partial charge in [-0.1, -0.05) is 13.8 Å². The van der Waals surface area contributed by atoms with Crippen LogP contribution in [0.3, 0.4) is 0 Å². The zero-order chi connectivity index (χ0) is 13.9. The zero-order valence-electron chi connectivity index (χ0n) is 11.1. The van der Waals surface area contributed by atoms with E-state index in [2.05, 4.69) is 10.0 Å². The Hall–Kier alpha value is -0.660. The lowest BCUT2D eigenvalue weighted by atomic mass is 9.88. The summed E-state index contributed by atoms with van der Waals surface area (Å²) in [7, 11) is -3.39. The van der Waals surface area contributed by atoms with E-state index in [0.717, 1.165) is 6.26 Å². The molecule has 0 aliphatic rings. The molecule has 0 aromatic heterocycles. The second-order valence-electron chi connectivity index (χ2n) is 4.88. The fraction of sp³-hybridized carbons (Fsp3) is 0.900. The molecule has 0 radical (unpaired) electrons. The molecule has 7 heteroatoms. The zero-order valence-corrected chi connectivity index (χ0v) is 11.9. The summed E-state index contributed by atoms with van der Waals surface area (Å²) in [6, 6.07) is -0.811. The third-order valence-electron chi connectivity index (χ3n) is 2.89. The van der Waals surface area contributed by atoms with E-state index in [-0.39, 0.29) is 11.8 Å². The van der Waals surface area contributed by atoms with Gasteiger partial charge in [0.15, 0.2) is 0 Å². The van der Waals surface area contributed by atoms with Gasteiger partial charge in [0.1, 0.15) is 0 Å². The normalized spacial score (nSPS) is 17.6. The van der Waals surface area contributed by atoms with E-state index in [1.54, 1.807) is 0 Å². The van der Waals surface area contributed by atoms with Crippen LogP contribution in [-0.4, -0.2) is 38.7 Å². The highest BCUT2D eigenvalue weighted by molar-refractivity contribution is 7.88. The first kappa shape index (κ1) is 16.3. The van der Waals surface area contributed by atoms with Crippen LogP contribution in [0.25, 0.3) is 0 Å². The van der Waals surface area contributed by atoms with Crippen molar-refractivity contribution in [1.82, 2.24) is 10.0 Å². The maximum atomic E-state index is 11.8. The lowest BCUT2D eigenvalue weighted by Crippen LogP contribution is -2.59. The molecular weight excluding hydrogens is 242 g/mol.